The predicted octanol–water partition coefficient (Wildman–Crippen LogP) is 1.44. The molecule has 1 amide bonds. The summed E-state index contributed by atoms with van der Waals surface area (Å²) >= 11 is 0. The smallest absolute Gasteiger partial charge is 0.251 e. The van der Waals surface area contributed by atoms with Crippen LogP contribution in [0.25, 0.3) is 0 Å². The van der Waals surface area contributed by atoms with Crippen molar-refractivity contribution in [1.29, 1.82) is 0 Å². The van der Waals surface area contributed by atoms with Crippen molar-refractivity contribution in [2.45, 2.75) is 32.6 Å². The SMILES string of the molecule is CC(NC(=O)c1ccc2c(c1)COC2)C1CCNC1. The number of hydrogen-bond acceptors (Lipinski definition) is 3. The first-order valence-electron chi connectivity index (χ1n) is 6.95. The summed E-state index contributed by atoms with van der Waals surface area (Å²) in [4.78, 5) is 12.2. The van der Waals surface area contributed by atoms with Crippen LogP contribution < -0.4 is 10.6 Å². The number of ether oxygens (including phenoxy) is 1. The summed E-state index contributed by atoms with van der Waals surface area (Å²) in [6, 6.07) is 6.06. The molecule has 2 N–H and O–H groups in total. The van der Waals surface area contributed by atoms with E-state index >= 15 is 0 Å². The molecular formula is C15H20N2O2. The van der Waals surface area contributed by atoms with Gasteiger partial charge >= 0.3 is 0 Å². The molecule has 1 aromatic carbocycles. The van der Waals surface area contributed by atoms with Crippen LogP contribution in [0.15, 0.2) is 18.2 Å². The van der Waals surface area contributed by atoms with E-state index in [4.69, 9.17) is 4.74 Å². The molecule has 2 atom stereocenters. The number of carbonyl (C=O) groups excluding carboxylic acids is 1. The second kappa shape index (κ2) is 5.31. The minimum absolute atomic E-state index is 0.0223. The quantitative estimate of drug-likeness (QED) is 0.864. The van der Waals surface area contributed by atoms with Crippen molar-refractivity contribution in [1.82, 2.24) is 10.6 Å². The Labute approximate surface area is 113 Å². The highest BCUT2D eigenvalue weighted by Gasteiger charge is 2.23. The average Bonchev–Trinajstić information content (AvgIpc) is 3.09. The summed E-state index contributed by atoms with van der Waals surface area (Å²) in [5, 5.41) is 6.44. The Balaban J connectivity index is 1.66. The van der Waals surface area contributed by atoms with E-state index < -0.39 is 0 Å². The molecule has 0 spiro atoms. The maximum absolute atomic E-state index is 12.2. The summed E-state index contributed by atoms with van der Waals surface area (Å²) < 4.78 is 5.37. The molecule has 102 valence electrons. The van der Waals surface area contributed by atoms with Gasteiger partial charge in [-0.1, -0.05) is 6.07 Å². The summed E-state index contributed by atoms with van der Waals surface area (Å²) in [5.41, 5.74) is 3.08. The van der Waals surface area contributed by atoms with Gasteiger partial charge in [0.25, 0.3) is 5.91 Å². The van der Waals surface area contributed by atoms with E-state index in [1.165, 1.54) is 5.56 Å². The maximum atomic E-state index is 12.2. The lowest BCUT2D eigenvalue weighted by Crippen LogP contribution is -2.38. The van der Waals surface area contributed by atoms with Crippen molar-refractivity contribution >= 4 is 5.91 Å². The molecular weight excluding hydrogens is 240 g/mol. The van der Waals surface area contributed by atoms with E-state index in [2.05, 4.69) is 17.6 Å². The molecule has 1 saturated heterocycles. The predicted molar refractivity (Wildman–Crippen MR) is 72.8 cm³/mol. The molecule has 2 aliphatic heterocycles. The first-order chi connectivity index (χ1) is 9.24. The van der Waals surface area contributed by atoms with Crippen molar-refractivity contribution in [3.63, 3.8) is 0 Å². The molecule has 0 saturated carbocycles. The summed E-state index contributed by atoms with van der Waals surface area (Å²) in [7, 11) is 0. The number of hydrogen-bond donors (Lipinski definition) is 2. The molecule has 3 rings (SSSR count). The zero-order valence-corrected chi connectivity index (χ0v) is 11.2. The van der Waals surface area contributed by atoms with Crippen LogP contribution in [0.4, 0.5) is 0 Å². The molecule has 2 unspecified atom stereocenters. The number of carbonyl (C=O) groups is 1. The normalized spacial score (nSPS) is 23.1. The molecule has 0 radical (unpaired) electrons. The van der Waals surface area contributed by atoms with Crippen LogP contribution in [-0.4, -0.2) is 25.0 Å². The molecule has 4 nitrogen and oxygen atoms in total. The van der Waals surface area contributed by atoms with E-state index in [9.17, 15) is 4.79 Å². The van der Waals surface area contributed by atoms with Crippen LogP contribution in [0.5, 0.6) is 0 Å². The van der Waals surface area contributed by atoms with E-state index in [1.54, 1.807) is 0 Å². The molecule has 0 bridgehead atoms. The van der Waals surface area contributed by atoms with Gasteiger partial charge in [-0.15, -0.1) is 0 Å². The third kappa shape index (κ3) is 2.65. The molecule has 19 heavy (non-hydrogen) atoms. The number of benzene rings is 1. The standard InChI is InChI=1S/C15H20N2O2/c1-10(12-4-5-16-7-12)17-15(18)11-2-3-13-8-19-9-14(13)6-11/h2-3,6,10,12,16H,4-5,7-9H2,1H3,(H,17,18). The lowest BCUT2D eigenvalue weighted by atomic mass is 10.00. The first-order valence-corrected chi connectivity index (χ1v) is 6.95. The van der Waals surface area contributed by atoms with Crippen LogP contribution in [0.3, 0.4) is 0 Å². The van der Waals surface area contributed by atoms with Gasteiger partial charge in [0.15, 0.2) is 0 Å². The second-order valence-electron chi connectivity index (χ2n) is 5.49. The number of amides is 1. The highest BCUT2D eigenvalue weighted by molar-refractivity contribution is 5.94. The average molecular weight is 260 g/mol. The Morgan fingerprint density at radius 3 is 3.05 bits per heavy atom. The lowest BCUT2D eigenvalue weighted by Gasteiger charge is -2.20. The summed E-state index contributed by atoms with van der Waals surface area (Å²) in [6.07, 6.45) is 1.14. The minimum Gasteiger partial charge on any atom is -0.372 e. The zero-order valence-electron chi connectivity index (χ0n) is 11.2. The van der Waals surface area contributed by atoms with E-state index in [0.717, 1.165) is 30.6 Å². The highest BCUT2D eigenvalue weighted by Crippen LogP contribution is 2.21. The summed E-state index contributed by atoms with van der Waals surface area (Å²) in [5.74, 6) is 0.566. The molecule has 0 aromatic heterocycles. The second-order valence-corrected chi connectivity index (χ2v) is 5.49. The number of rotatable bonds is 3. The van der Waals surface area contributed by atoms with E-state index in [-0.39, 0.29) is 11.9 Å². The third-order valence-electron chi connectivity index (χ3n) is 4.15. The Bertz CT molecular complexity index is 481. The monoisotopic (exact) mass is 260 g/mol. The van der Waals surface area contributed by atoms with Gasteiger partial charge in [0.05, 0.1) is 13.2 Å². The van der Waals surface area contributed by atoms with Crippen molar-refractivity contribution in [3.05, 3.63) is 34.9 Å². The van der Waals surface area contributed by atoms with Crippen molar-refractivity contribution in [2.24, 2.45) is 5.92 Å². The van der Waals surface area contributed by atoms with Crippen LogP contribution in [0.1, 0.15) is 34.8 Å². The van der Waals surface area contributed by atoms with Crippen molar-refractivity contribution < 1.29 is 9.53 Å². The molecule has 0 aliphatic carbocycles. The van der Waals surface area contributed by atoms with Gasteiger partial charge in [0.1, 0.15) is 0 Å². The van der Waals surface area contributed by atoms with Crippen LogP contribution in [-0.2, 0) is 18.0 Å². The first kappa shape index (κ1) is 12.6. The van der Waals surface area contributed by atoms with E-state index in [0.29, 0.717) is 19.1 Å². The fourth-order valence-electron chi connectivity index (χ4n) is 2.83. The largest absolute Gasteiger partial charge is 0.372 e. The Morgan fingerprint density at radius 2 is 2.26 bits per heavy atom. The van der Waals surface area contributed by atoms with Gasteiger partial charge in [0, 0.05) is 11.6 Å². The lowest BCUT2D eigenvalue weighted by molar-refractivity contribution is 0.0928. The summed E-state index contributed by atoms with van der Waals surface area (Å²) in [6.45, 7) is 5.44. The van der Waals surface area contributed by atoms with Crippen LogP contribution in [0.2, 0.25) is 0 Å². The molecule has 4 heteroatoms. The van der Waals surface area contributed by atoms with Crippen molar-refractivity contribution in [2.75, 3.05) is 13.1 Å². The number of nitrogens with one attached hydrogen (secondary N) is 2. The fourth-order valence-corrected chi connectivity index (χ4v) is 2.83. The highest BCUT2D eigenvalue weighted by atomic mass is 16.5. The molecule has 2 heterocycles. The molecule has 1 fully saturated rings. The van der Waals surface area contributed by atoms with Crippen LogP contribution >= 0.6 is 0 Å². The van der Waals surface area contributed by atoms with Crippen molar-refractivity contribution in [3.8, 4) is 0 Å². The zero-order chi connectivity index (χ0) is 13.2. The van der Waals surface area contributed by atoms with Gasteiger partial charge < -0.3 is 15.4 Å². The van der Waals surface area contributed by atoms with Gasteiger partial charge in [-0.05, 0) is 55.6 Å². The number of fused-ring (bicyclic) bond motifs is 1. The van der Waals surface area contributed by atoms with E-state index in [1.807, 2.05) is 18.2 Å². The van der Waals surface area contributed by atoms with Gasteiger partial charge in [-0.25, -0.2) is 0 Å². The molecule has 1 aromatic rings. The third-order valence-corrected chi connectivity index (χ3v) is 4.15. The Morgan fingerprint density at radius 1 is 1.42 bits per heavy atom. The van der Waals surface area contributed by atoms with Gasteiger partial charge in [0.2, 0.25) is 0 Å². The van der Waals surface area contributed by atoms with Gasteiger partial charge in [-0.3, -0.25) is 4.79 Å². The topological polar surface area (TPSA) is 50.4 Å². The fraction of sp³-hybridized carbons (Fsp3) is 0.533. The Kier molecular flexibility index (Phi) is 3.53. The Hall–Kier alpha value is -1.39. The minimum atomic E-state index is 0.0223. The molecule has 2 aliphatic rings. The van der Waals surface area contributed by atoms with Gasteiger partial charge in [-0.2, -0.15) is 0 Å². The maximum Gasteiger partial charge on any atom is 0.251 e. The van der Waals surface area contributed by atoms with Crippen LogP contribution in [0, 0.1) is 5.92 Å².